The number of nitrogens with zero attached hydrogens (tertiary/aromatic N) is 1. The second-order valence-electron chi connectivity index (χ2n) is 6.79. The molecule has 1 N–H and O–H groups in total. The number of hydrogen-bond donors (Lipinski definition) is 1. The molecular formula is C21H26N2O2. The smallest absolute Gasteiger partial charge is 0.259 e. The third kappa shape index (κ3) is 3.53. The van der Waals surface area contributed by atoms with Crippen molar-refractivity contribution >= 4 is 28.3 Å². The fourth-order valence-electron chi connectivity index (χ4n) is 3.54. The van der Waals surface area contributed by atoms with E-state index in [1.165, 1.54) is 12.8 Å². The molecule has 0 aliphatic carbocycles. The Labute approximate surface area is 149 Å². The van der Waals surface area contributed by atoms with Gasteiger partial charge in [-0.3, -0.25) is 14.5 Å². The zero-order valence-electron chi connectivity index (χ0n) is 15.0. The summed E-state index contributed by atoms with van der Waals surface area (Å²) < 4.78 is 0. The average Bonchev–Trinajstić information content (AvgIpc) is 2.90. The van der Waals surface area contributed by atoms with Crippen molar-refractivity contribution in [2.75, 3.05) is 18.0 Å². The molecule has 4 nitrogen and oxygen atoms in total. The van der Waals surface area contributed by atoms with Crippen molar-refractivity contribution in [2.45, 2.75) is 39.5 Å². The van der Waals surface area contributed by atoms with Crippen molar-refractivity contribution in [2.24, 2.45) is 5.92 Å². The molecular weight excluding hydrogens is 312 g/mol. The first-order valence-electron chi connectivity index (χ1n) is 9.26. The largest absolute Gasteiger partial charge is 0.354 e. The van der Waals surface area contributed by atoms with Crippen molar-refractivity contribution in [3.8, 4) is 0 Å². The Hall–Kier alpha value is -2.36. The van der Waals surface area contributed by atoms with Crippen LogP contribution < -0.4 is 10.2 Å². The van der Waals surface area contributed by atoms with Crippen LogP contribution in [0.2, 0.25) is 0 Å². The lowest BCUT2D eigenvalue weighted by Crippen LogP contribution is -2.40. The van der Waals surface area contributed by atoms with Crippen LogP contribution in [0.15, 0.2) is 36.4 Å². The highest BCUT2D eigenvalue weighted by atomic mass is 16.2. The quantitative estimate of drug-likeness (QED) is 0.786. The van der Waals surface area contributed by atoms with Crippen molar-refractivity contribution in [3.05, 3.63) is 42.0 Å². The summed E-state index contributed by atoms with van der Waals surface area (Å²) in [6.07, 6.45) is 4.57. The molecule has 2 amide bonds. The van der Waals surface area contributed by atoms with E-state index < -0.39 is 0 Å². The summed E-state index contributed by atoms with van der Waals surface area (Å²) in [4.78, 5) is 26.7. The summed E-state index contributed by atoms with van der Waals surface area (Å²) in [7, 11) is 0. The standard InChI is InChI=1S/C21H26N2O2/c1-3-5-8-15(4-2)13-22-19(24)14-23-18-12-7-10-16-9-6-11-17(20(16)18)21(23)25/h6-7,9-12,15H,3-5,8,13-14H2,1-2H3,(H,22,24)/t15-/m1/s1. The van der Waals surface area contributed by atoms with Crippen LogP contribution in [0.5, 0.6) is 0 Å². The second-order valence-corrected chi connectivity index (χ2v) is 6.79. The minimum absolute atomic E-state index is 0.0802. The maximum absolute atomic E-state index is 12.7. The van der Waals surface area contributed by atoms with Gasteiger partial charge in [-0.15, -0.1) is 0 Å². The molecule has 0 saturated carbocycles. The van der Waals surface area contributed by atoms with E-state index in [1.807, 2.05) is 36.4 Å². The van der Waals surface area contributed by atoms with E-state index in [-0.39, 0.29) is 18.4 Å². The van der Waals surface area contributed by atoms with Gasteiger partial charge in [0.15, 0.2) is 0 Å². The molecule has 1 aliphatic rings. The molecule has 0 aromatic heterocycles. The third-order valence-corrected chi connectivity index (χ3v) is 5.08. The minimum Gasteiger partial charge on any atom is -0.354 e. The number of amides is 2. The first kappa shape index (κ1) is 17.5. The fraction of sp³-hybridized carbons (Fsp3) is 0.429. The zero-order chi connectivity index (χ0) is 17.8. The third-order valence-electron chi connectivity index (χ3n) is 5.08. The highest BCUT2D eigenvalue weighted by molar-refractivity contribution is 6.26. The first-order chi connectivity index (χ1) is 12.2. The monoisotopic (exact) mass is 338 g/mol. The fourth-order valence-corrected chi connectivity index (χ4v) is 3.54. The molecule has 4 heteroatoms. The second kappa shape index (κ2) is 7.68. The van der Waals surface area contributed by atoms with Gasteiger partial charge in [-0.25, -0.2) is 0 Å². The van der Waals surface area contributed by atoms with Gasteiger partial charge in [0.2, 0.25) is 5.91 Å². The van der Waals surface area contributed by atoms with E-state index in [0.29, 0.717) is 18.0 Å². The van der Waals surface area contributed by atoms with Gasteiger partial charge in [-0.2, -0.15) is 0 Å². The summed E-state index contributed by atoms with van der Waals surface area (Å²) in [5.74, 6) is 0.340. The van der Waals surface area contributed by atoms with Crippen molar-refractivity contribution in [3.63, 3.8) is 0 Å². The lowest BCUT2D eigenvalue weighted by Gasteiger charge is -2.19. The van der Waals surface area contributed by atoms with Crippen LogP contribution >= 0.6 is 0 Å². The van der Waals surface area contributed by atoms with Gasteiger partial charge < -0.3 is 5.32 Å². The predicted molar refractivity (Wildman–Crippen MR) is 102 cm³/mol. The Morgan fingerprint density at radius 2 is 1.92 bits per heavy atom. The highest BCUT2D eigenvalue weighted by Crippen LogP contribution is 2.36. The number of unbranched alkanes of at least 4 members (excludes halogenated alkanes) is 1. The van der Waals surface area contributed by atoms with Crippen molar-refractivity contribution in [1.82, 2.24) is 5.32 Å². The Morgan fingerprint density at radius 1 is 1.16 bits per heavy atom. The number of nitrogens with one attached hydrogen (secondary N) is 1. The summed E-state index contributed by atoms with van der Waals surface area (Å²) in [6.45, 7) is 5.11. The molecule has 0 bridgehead atoms. The molecule has 0 fully saturated rings. The Balaban J connectivity index is 1.67. The van der Waals surface area contributed by atoms with Crippen LogP contribution in [0.4, 0.5) is 5.69 Å². The van der Waals surface area contributed by atoms with Gasteiger partial charge in [0.25, 0.3) is 5.91 Å². The molecule has 3 rings (SSSR count). The summed E-state index contributed by atoms with van der Waals surface area (Å²) in [5, 5.41) is 5.01. The Kier molecular flexibility index (Phi) is 5.37. The normalized spacial score (nSPS) is 14.2. The lowest BCUT2D eigenvalue weighted by molar-refractivity contribution is -0.119. The van der Waals surface area contributed by atoms with Crippen LogP contribution in [-0.2, 0) is 4.79 Å². The van der Waals surface area contributed by atoms with Crippen molar-refractivity contribution in [1.29, 1.82) is 0 Å². The van der Waals surface area contributed by atoms with Gasteiger partial charge >= 0.3 is 0 Å². The van der Waals surface area contributed by atoms with Gasteiger partial charge in [0, 0.05) is 17.5 Å². The van der Waals surface area contributed by atoms with Crippen LogP contribution in [0, 0.1) is 5.92 Å². The van der Waals surface area contributed by atoms with Crippen LogP contribution in [0.25, 0.3) is 10.8 Å². The topological polar surface area (TPSA) is 49.4 Å². The van der Waals surface area contributed by atoms with Crippen LogP contribution in [0.1, 0.15) is 49.9 Å². The number of benzene rings is 2. The van der Waals surface area contributed by atoms with Gasteiger partial charge in [-0.05, 0) is 29.9 Å². The highest BCUT2D eigenvalue weighted by Gasteiger charge is 2.30. The SMILES string of the molecule is CCCC[C@@H](CC)CNC(=O)CN1C(=O)c2cccc3cccc1c23. The molecule has 0 saturated heterocycles. The summed E-state index contributed by atoms with van der Waals surface area (Å²) >= 11 is 0. The van der Waals surface area contributed by atoms with Crippen molar-refractivity contribution < 1.29 is 9.59 Å². The number of anilines is 1. The lowest BCUT2D eigenvalue weighted by atomic mass is 9.99. The Morgan fingerprint density at radius 3 is 2.64 bits per heavy atom. The minimum atomic E-state index is -0.0897. The first-order valence-corrected chi connectivity index (χ1v) is 9.26. The predicted octanol–water partition coefficient (Wildman–Crippen LogP) is 4.13. The van der Waals surface area contributed by atoms with E-state index >= 15 is 0 Å². The zero-order valence-corrected chi connectivity index (χ0v) is 15.0. The maximum atomic E-state index is 12.7. The molecule has 1 heterocycles. The molecule has 25 heavy (non-hydrogen) atoms. The number of hydrogen-bond acceptors (Lipinski definition) is 2. The maximum Gasteiger partial charge on any atom is 0.259 e. The number of carbonyl (C=O) groups excluding carboxylic acids is 2. The molecule has 2 aromatic rings. The van der Waals surface area contributed by atoms with E-state index in [0.717, 1.165) is 29.3 Å². The molecule has 0 radical (unpaired) electrons. The van der Waals surface area contributed by atoms with Crippen LogP contribution in [-0.4, -0.2) is 24.9 Å². The summed E-state index contributed by atoms with van der Waals surface area (Å²) in [6, 6.07) is 11.6. The Bertz CT molecular complexity index is 779. The van der Waals surface area contributed by atoms with Gasteiger partial charge in [-0.1, -0.05) is 57.4 Å². The van der Waals surface area contributed by atoms with E-state index in [9.17, 15) is 9.59 Å². The molecule has 0 unspecified atom stereocenters. The summed E-state index contributed by atoms with van der Waals surface area (Å²) in [5.41, 5.74) is 1.53. The molecule has 1 aliphatic heterocycles. The van der Waals surface area contributed by atoms with Crippen LogP contribution in [0.3, 0.4) is 0 Å². The molecule has 1 atom stereocenters. The van der Waals surface area contributed by atoms with E-state index in [4.69, 9.17) is 0 Å². The molecule has 0 spiro atoms. The number of rotatable bonds is 8. The number of carbonyl (C=O) groups is 2. The van der Waals surface area contributed by atoms with Gasteiger partial charge in [0.1, 0.15) is 6.54 Å². The van der Waals surface area contributed by atoms with Gasteiger partial charge in [0.05, 0.1) is 5.69 Å². The molecule has 2 aromatic carbocycles. The average molecular weight is 338 g/mol. The molecule has 132 valence electrons. The van der Waals surface area contributed by atoms with E-state index in [1.54, 1.807) is 4.90 Å². The van der Waals surface area contributed by atoms with E-state index in [2.05, 4.69) is 19.2 Å².